The molecular formula is C18H23NO2. The normalized spacial score (nSPS) is 14.6. The monoisotopic (exact) mass is 285 g/mol. The summed E-state index contributed by atoms with van der Waals surface area (Å²) >= 11 is 0. The molecule has 0 aliphatic heterocycles. The van der Waals surface area contributed by atoms with Gasteiger partial charge in [0.25, 0.3) is 0 Å². The lowest BCUT2D eigenvalue weighted by atomic mass is 10.0. The Labute approximate surface area is 126 Å². The molecule has 1 fully saturated rings. The molecule has 1 heterocycles. The number of hydrogen-bond donors (Lipinski definition) is 1. The Bertz CT molecular complexity index is 584. The quantitative estimate of drug-likeness (QED) is 0.826. The summed E-state index contributed by atoms with van der Waals surface area (Å²) in [4.78, 5) is 0. The van der Waals surface area contributed by atoms with Gasteiger partial charge in [-0.15, -0.1) is 0 Å². The molecule has 0 amide bonds. The fourth-order valence-electron chi connectivity index (χ4n) is 2.25. The standard InChI is InChI=1S/C18H23NO2/c1-13(2)14-4-3-5-16(10-14)20-12-18-9-8-17(21-18)11-19-15-6-7-15/h3-5,8-10,13,15,19H,6-7,11-12H2,1-2H3. The third-order valence-electron chi connectivity index (χ3n) is 3.77. The molecule has 3 heteroatoms. The van der Waals surface area contributed by atoms with Crippen LogP contribution in [0, 0.1) is 0 Å². The lowest BCUT2D eigenvalue weighted by Gasteiger charge is -2.09. The number of hydrogen-bond acceptors (Lipinski definition) is 3. The summed E-state index contributed by atoms with van der Waals surface area (Å²) in [6, 6.07) is 13.0. The van der Waals surface area contributed by atoms with E-state index in [1.165, 1.54) is 18.4 Å². The molecule has 1 aromatic heterocycles. The molecule has 1 N–H and O–H groups in total. The van der Waals surface area contributed by atoms with Gasteiger partial charge < -0.3 is 14.5 Å². The van der Waals surface area contributed by atoms with Crippen LogP contribution in [-0.4, -0.2) is 6.04 Å². The van der Waals surface area contributed by atoms with Crippen LogP contribution in [0.3, 0.4) is 0 Å². The van der Waals surface area contributed by atoms with Gasteiger partial charge in [-0.05, 0) is 48.6 Å². The summed E-state index contributed by atoms with van der Waals surface area (Å²) in [5, 5.41) is 3.45. The maximum Gasteiger partial charge on any atom is 0.146 e. The third kappa shape index (κ3) is 4.11. The highest BCUT2D eigenvalue weighted by Gasteiger charge is 2.20. The molecule has 1 aliphatic carbocycles. The minimum atomic E-state index is 0.477. The number of rotatable bonds is 7. The van der Waals surface area contributed by atoms with Crippen molar-refractivity contribution in [2.24, 2.45) is 0 Å². The second-order valence-electron chi connectivity index (χ2n) is 6.04. The van der Waals surface area contributed by atoms with E-state index in [1.54, 1.807) is 0 Å². The largest absolute Gasteiger partial charge is 0.486 e. The van der Waals surface area contributed by atoms with E-state index in [2.05, 4.69) is 31.3 Å². The van der Waals surface area contributed by atoms with Crippen LogP contribution < -0.4 is 10.1 Å². The van der Waals surface area contributed by atoms with Gasteiger partial charge in [-0.25, -0.2) is 0 Å². The zero-order valence-electron chi connectivity index (χ0n) is 12.8. The Kier molecular flexibility index (Phi) is 4.30. The van der Waals surface area contributed by atoms with Crippen molar-refractivity contribution >= 4 is 0 Å². The van der Waals surface area contributed by atoms with Crippen LogP contribution in [0.25, 0.3) is 0 Å². The number of benzene rings is 1. The van der Waals surface area contributed by atoms with E-state index in [-0.39, 0.29) is 0 Å². The van der Waals surface area contributed by atoms with Crippen molar-refractivity contribution in [2.75, 3.05) is 0 Å². The predicted molar refractivity (Wildman–Crippen MR) is 83.4 cm³/mol. The van der Waals surface area contributed by atoms with Gasteiger partial charge in [-0.3, -0.25) is 0 Å². The van der Waals surface area contributed by atoms with Crippen LogP contribution in [0.1, 0.15) is 49.7 Å². The molecule has 3 nitrogen and oxygen atoms in total. The minimum Gasteiger partial charge on any atom is -0.486 e. The Morgan fingerprint density at radius 1 is 1.19 bits per heavy atom. The molecule has 2 aromatic rings. The highest BCUT2D eigenvalue weighted by Crippen LogP contribution is 2.22. The summed E-state index contributed by atoms with van der Waals surface area (Å²) in [6.45, 7) is 5.66. The molecule has 0 spiro atoms. The van der Waals surface area contributed by atoms with Gasteiger partial charge in [0.05, 0.1) is 6.54 Å². The number of furan rings is 1. The van der Waals surface area contributed by atoms with E-state index in [0.717, 1.165) is 23.8 Å². The van der Waals surface area contributed by atoms with Gasteiger partial charge in [0.15, 0.2) is 0 Å². The molecular weight excluding hydrogens is 262 g/mol. The molecule has 1 aromatic carbocycles. The number of nitrogens with one attached hydrogen (secondary N) is 1. The summed E-state index contributed by atoms with van der Waals surface area (Å²) in [6.07, 6.45) is 2.59. The van der Waals surface area contributed by atoms with Crippen molar-refractivity contribution in [3.63, 3.8) is 0 Å². The van der Waals surface area contributed by atoms with E-state index in [4.69, 9.17) is 9.15 Å². The first-order valence-corrected chi connectivity index (χ1v) is 7.74. The average Bonchev–Trinajstić information content (AvgIpc) is 3.21. The Morgan fingerprint density at radius 2 is 2.00 bits per heavy atom. The van der Waals surface area contributed by atoms with E-state index in [9.17, 15) is 0 Å². The zero-order valence-corrected chi connectivity index (χ0v) is 12.8. The molecule has 0 atom stereocenters. The van der Waals surface area contributed by atoms with E-state index in [0.29, 0.717) is 18.6 Å². The van der Waals surface area contributed by atoms with Crippen molar-refractivity contribution in [2.45, 2.75) is 51.8 Å². The van der Waals surface area contributed by atoms with Crippen molar-refractivity contribution in [3.05, 3.63) is 53.5 Å². The highest BCUT2D eigenvalue weighted by atomic mass is 16.5. The first kappa shape index (κ1) is 14.2. The maximum atomic E-state index is 5.82. The summed E-state index contributed by atoms with van der Waals surface area (Å²) < 4.78 is 11.6. The van der Waals surface area contributed by atoms with Crippen LogP contribution in [0.2, 0.25) is 0 Å². The van der Waals surface area contributed by atoms with Crippen molar-refractivity contribution in [1.82, 2.24) is 5.32 Å². The van der Waals surface area contributed by atoms with Gasteiger partial charge in [-0.2, -0.15) is 0 Å². The second kappa shape index (κ2) is 6.35. The van der Waals surface area contributed by atoms with Crippen molar-refractivity contribution in [1.29, 1.82) is 0 Å². The fraction of sp³-hybridized carbons (Fsp3) is 0.444. The zero-order chi connectivity index (χ0) is 14.7. The maximum absolute atomic E-state index is 5.82. The summed E-state index contributed by atoms with van der Waals surface area (Å²) in [5.74, 6) is 3.27. The molecule has 0 radical (unpaired) electrons. The summed E-state index contributed by atoms with van der Waals surface area (Å²) in [7, 11) is 0. The fourth-order valence-corrected chi connectivity index (χ4v) is 2.25. The van der Waals surface area contributed by atoms with Crippen molar-refractivity contribution < 1.29 is 9.15 Å². The molecule has 1 aliphatic rings. The number of ether oxygens (including phenoxy) is 1. The lowest BCUT2D eigenvalue weighted by molar-refractivity contribution is 0.264. The highest BCUT2D eigenvalue weighted by molar-refractivity contribution is 5.30. The molecule has 1 saturated carbocycles. The molecule has 0 bridgehead atoms. The van der Waals surface area contributed by atoms with Gasteiger partial charge in [0.1, 0.15) is 23.9 Å². The Morgan fingerprint density at radius 3 is 2.76 bits per heavy atom. The van der Waals surface area contributed by atoms with Crippen LogP contribution in [0.4, 0.5) is 0 Å². The van der Waals surface area contributed by atoms with Crippen molar-refractivity contribution in [3.8, 4) is 5.75 Å². The molecule has 0 unspecified atom stereocenters. The second-order valence-corrected chi connectivity index (χ2v) is 6.04. The first-order chi connectivity index (χ1) is 10.2. The van der Waals surface area contributed by atoms with Gasteiger partial charge in [0.2, 0.25) is 0 Å². The molecule has 112 valence electrons. The van der Waals surface area contributed by atoms with E-state index in [1.807, 2.05) is 24.3 Å². The Balaban J connectivity index is 1.53. The first-order valence-electron chi connectivity index (χ1n) is 7.74. The average molecular weight is 285 g/mol. The van der Waals surface area contributed by atoms with Crippen LogP contribution in [0.5, 0.6) is 5.75 Å². The SMILES string of the molecule is CC(C)c1cccc(OCc2ccc(CNC3CC3)o2)c1. The minimum absolute atomic E-state index is 0.477. The van der Waals surface area contributed by atoms with Crippen LogP contribution in [0.15, 0.2) is 40.8 Å². The van der Waals surface area contributed by atoms with E-state index < -0.39 is 0 Å². The molecule has 21 heavy (non-hydrogen) atoms. The molecule has 3 rings (SSSR count). The van der Waals surface area contributed by atoms with Gasteiger partial charge in [-0.1, -0.05) is 26.0 Å². The Hall–Kier alpha value is -1.74. The molecule has 0 saturated heterocycles. The van der Waals surface area contributed by atoms with Crippen LogP contribution >= 0.6 is 0 Å². The lowest BCUT2D eigenvalue weighted by Crippen LogP contribution is -2.14. The smallest absolute Gasteiger partial charge is 0.146 e. The van der Waals surface area contributed by atoms with Crippen LogP contribution in [-0.2, 0) is 13.2 Å². The summed E-state index contributed by atoms with van der Waals surface area (Å²) in [5.41, 5.74) is 1.29. The predicted octanol–water partition coefficient (Wildman–Crippen LogP) is 4.23. The van der Waals surface area contributed by atoms with Gasteiger partial charge >= 0.3 is 0 Å². The third-order valence-corrected chi connectivity index (χ3v) is 3.77. The topological polar surface area (TPSA) is 34.4 Å². The van der Waals surface area contributed by atoms with E-state index >= 15 is 0 Å². The van der Waals surface area contributed by atoms with Gasteiger partial charge in [0, 0.05) is 6.04 Å².